The number of ether oxygens (including phenoxy) is 2. The maximum absolute atomic E-state index is 12.5. The summed E-state index contributed by atoms with van der Waals surface area (Å²) in [6, 6.07) is 7.13. The molecule has 23 heavy (non-hydrogen) atoms. The summed E-state index contributed by atoms with van der Waals surface area (Å²) >= 11 is 1.29. The highest BCUT2D eigenvalue weighted by atomic mass is 32.1. The second-order valence-corrected chi connectivity index (χ2v) is 6.17. The van der Waals surface area contributed by atoms with E-state index in [1.165, 1.54) is 11.3 Å². The van der Waals surface area contributed by atoms with E-state index >= 15 is 0 Å². The highest BCUT2D eigenvalue weighted by molar-refractivity contribution is 7.21. The minimum atomic E-state index is -0.260. The van der Waals surface area contributed by atoms with E-state index in [0.717, 1.165) is 15.8 Å². The molecule has 0 fully saturated rings. The standard InChI is InChI=1S/C16H13N3O3S/c1-8-4-5-18-16-12(8)13(17)14(23-16)15(20)19-9-2-3-10-11(6-9)22-7-21-10/h2-6H,7,17H2,1H3,(H,19,20). The normalized spacial score (nSPS) is 12.6. The Balaban J connectivity index is 1.67. The monoisotopic (exact) mass is 327 g/mol. The molecular formula is C16H13N3O3S. The van der Waals surface area contributed by atoms with E-state index in [9.17, 15) is 4.79 Å². The number of nitrogen functional groups attached to an aromatic ring is 1. The third kappa shape index (κ3) is 2.25. The van der Waals surface area contributed by atoms with Gasteiger partial charge in [0.25, 0.3) is 5.91 Å². The molecule has 0 atom stereocenters. The van der Waals surface area contributed by atoms with Crippen LogP contribution in [0, 0.1) is 6.92 Å². The van der Waals surface area contributed by atoms with Crippen LogP contribution < -0.4 is 20.5 Å². The number of hydrogen-bond donors (Lipinski definition) is 2. The van der Waals surface area contributed by atoms with Crippen molar-refractivity contribution in [3.63, 3.8) is 0 Å². The van der Waals surface area contributed by atoms with Gasteiger partial charge in [0, 0.05) is 23.3 Å². The van der Waals surface area contributed by atoms with Gasteiger partial charge in [0.1, 0.15) is 9.71 Å². The third-order valence-electron chi connectivity index (χ3n) is 3.67. The zero-order valence-electron chi connectivity index (χ0n) is 12.3. The van der Waals surface area contributed by atoms with E-state index in [0.29, 0.717) is 27.8 Å². The molecule has 0 saturated heterocycles. The van der Waals surface area contributed by atoms with Crippen LogP contribution in [0.5, 0.6) is 11.5 Å². The van der Waals surface area contributed by atoms with Crippen LogP contribution in [0.4, 0.5) is 11.4 Å². The van der Waals surface area contributed by atoms with Gasteiger partial charge >= 0.3 is 0 Å². The molecule has 2 aromatic heterocycles. The number of pyridine rings is 1. The molecule has 3 N–H and O–H groups in total. The van der Waals surface area contributed by atoms with Crippen LogP contribution >= 0.6 is 11.3 Å². The van der Waals surface area contributed by atoms with Crippen molar-refractivity contribution in [2.75, 3.05) is 17.8 Å². The summed E-state index contributed by atoms with van der Waals surface area (Å²) in [6.07, 6.45) is 1.72. The number of nitrogens with one attached hydrogen (secondary N) is 1. The number of nitrogens with two attached hydrogens (primary N) is 1. The SMILES string of the molecule is Cc1ccnc2sc(C(=O)Nc3ccc4c(c3)OCO4)c(N)c12. The number of benzene rings is 1. The van der Waals surface area contributed by atoms with E-state index in [-0.39, 0.29) is 12.7 Å². The molecule has 6 nitrogen and oxygen atoms in total. The molecule has 3 aromatic rings. The number of carbonyl (C=O) groups is 1. The topological polar surface area (TPSA) is 86.5 Å². The Hall–Kier alpha value is -2.80. The number of fused-ring (bicyclic) bond motifs is 2. The van der Waals surface area contributed by atoms with Crippen LogP contribution in [-0.2, 0) is 0 Å². The lowest BCUT2D eigenvalue weighted by Gasteiger charge is -2.05. The van der Waals surface area contributed by atoms with Crippen LogP contribution in [0.25, 0.3) is 10.2 Å². The second kappa shape index (κ2) is 5.13. The zero-order chi connectivity index (χ0) is 16.0. The predicted octanol–water partition coefficient (Wildman–Crippen LogP) is 3.17. The minimum Gasteiger partial charge on any atom is -0.454 e. The lowest BCUT2D eigenvalue weighted by Crippen LogP contribution is -2.11. The number of amides is 1. The maximum atomic E-state index is 12.5. The molecule has 4 rings (SSSR count). The molecule has 1 aliphatic rings. The van der Waals surface area contributed by atoms with Crippen molar-refractivity contribution in [2.45, 2.75) is 6.92 Å². The third-order valence-corrected chi connectivity index (χ3v) is 4.79. The summed E-state index contributed by atoms with van der Waals surface area (Å²) in [6.45, 7) is 2.15. The second-order valence-electron chi connectivity index (χ2n) is 5.18. The number of rotatable bonds is 2. The first kappa shape index (κ1) is 13.8. The van der Waals surface area contributed by atoms with E-state index in [1.807, 2.05) is 13.0 Å². The Morgan fingerprint density at radius 2 is 2.13 bits per heavy atom. The van der Waals surface area contributed by atoms with Gasteiger partial charge in [0.15, 0.2) is 11.5 Å². The lowest BCUT2D eigenvalue weighted by atomic mass is 10.1. The Morgan fingerprint density at radius 1 is 1.30 bits per heavy atom. The van der Waals surface area contributed by atoms with Crippen LogP contribution in [0.3, 0.4) is 0 Å². The van der Waals surface area contributed by atoms with E-state index in [4.69, 9.17) is 15.2 Å². The van der Waals surface area contributed by atoms with Crippen LogP contribution in [0.1, 0.15) is 15.2 Å². The minimum absolute atomic E-state index is 0.195. The Labute approximate surface area is 135 Å². The van der Waals surface area contributed by atoms with Crippen molar-refractivity contribution in [1.29, 1.82) is 0 Å². The van der Waals surface area contributed by atoms with Crippen LogP contribution in [0.15, 0.2) is 30.5 Å². The molecule has 1 aromatic carbocycles. The summed E-state index contributed by atoms with van der Waals surface area (Å²) in [7, 11) is 0. The van der Waals surface area contributed by atoms with Gasteiger partial charge in [0.05, 0.1) is 5.69 Å². The zero-order valence-corrected chi connectivity index (χ0v) is 13.1. The molecule has 3 heterocycles. The van der Waals surface area contributed by atoms with Crippen molar-refractivity contribution in [2.24, 2.45) is 0 Å². The number of thiophene rings is 1. The fourth-order valence-corrected chi connectivity index (χ4v) is 3.57. The molecule has 0 spiro atoms. The molecule has 7 heteroatoms. The van der Waals surface area contributed by atoms with Gasteiger partial charge in [-0.15, -0.1) is 11.3 Å². The molecule has 116 valence electrons. The Kier molecular flexibility index (Phi) is 3.09. The van der Waals surface area contributed by atoms with Gasteiger partial charge in [-0.05, 0) is 30.7 Å². The average Bonchev–Trinajstić information content (AvgIpc) is 3.12. The van der Waals surface area contributed by atoms with Gasteiger partial charge < -0.3 is 20.5 Å². The van der Waals surface area contributed by atoms with Crippen molar-refractivity contribution in [1.82, 2.24) is 4.98 Å². The number of hydrogen-bond acceptors (Lipinski definition) is 6. The van der Waals surface area contributed by atoms with Crippen molar-refractivity contribution in [3.8, 4) is 11.5 Å². The van der Waals surface area contributed by atoms with Gasteiger partial charge in [-0.25, -0.2) is 4.98 Å². The molecular weight excluding hydrogens is 314 g/mol. The summed E-state index contributed by atoms with van der Waals surface area (Å²) < 4.78 is 10.6. The number of anilines is 2. The van der Waals surface area contributed by atoms with Gasteiger partial charge in [-0.3, -0.25) is 4.79 Å². The predicted molar refractivity (Wildman–Crippen MR) is 89.3 cm³/mol. The van der Waals surface area contributed by atoms with Crippen molar-refractivity contribution in [3.05, 3.63) is 40.9 Å². The average molecular weight is 327 g/mol. The fourth-order valence-electron chi connectivity index (χ4n) is 2.53. The van der Waals surface area contributed by atoms with Gasteiger partial charge in [-0.2, -0.15) is 0 Å². The molecule has 0 unspecified atom stereocenters. The Bertz CT molecular complexity index is 936. The van der Waals surface area contributed by atoms with Crippen molar-refractivity contribution < 1.29 is 14.3 Å². The van der Waals surface area contributed by atoms with E-state index in [2.05, 4.69) is 10.3 Å². The molecule has 0 bridgehead atoms. The molecule has 1 amide bonds. The summed E-state index contributed by atoms with van der Waals surface area (Å²) in [5.41, 5.74) is 8.25. The quantitative estimate of drug-likeness (QED) is 0.755. The van der Waals surface area contributed by atoms with E-state index in [1.54, 1.807) is 24.4 Å². The lowest BCUT2D eigenvalue weighted by molar-refractivity contribution is 0.103. The van der Waals surface area contributed by atoms with Gasteiger partial charge in [-0.1, -0.05) is 0 Å². The highest BCUT2D eigenvalue weighted by Crippen LogP contribution is 2.36. The van der Waals surface area contributed by atoms with Crippen LogP contribution in [-0.4, -0.2) is 17.7 Å². The number of nitrogens with zero attached hydrogens (tertiary/aromatic N) is 1. The highest BCUT2D eigenvalue weighted by Gasteiger charge is 2.20. The van der Waals surface area contributed by atoms with E-state index < -0.39 is 0 Å². The fraction of sp³-hybridized carbons (Fsp3) is 0.125. The number of aryl methyl sites for hydroxylation is 1. The summed E-state index contributed by atoms with van der Waals surface area (Å²) in [4.78, 5) is 18.0. The summed E-state index contributed by atoms with van der Waals surface area (Å²) in [5.74, 6) is 1.03. The largest absolute Gasteiger partial charge is 0.454 e. The molecule has 1 aliphatic heterocycles. The first-order valence-electron chi connectivity index (χ1n) is 6.98. The Morgan fingerprint density at radius 3 is 2.96 bits per heavy atom. The molecule has 0 aliphatic carbocycles. The number of aromatic nitrogens is 1. The smallest absolute Gasteiger partial charge is 0.267 e. The first-order valence-corrected chi connectivity index (χ1v) is 7.79. The molecule has 0 radical (unpaired) electrons. The first-order chi connectivity index (χ1) is 11.1. The molecule has 0 saturated carbocycles. The van der Waals surface area contributed by atoms with Gasteiger partial charge in [0.2, 0.25) is 6.79 Å². The van der Waals surface area contributed by atoms with Crippen LogP contribution in [0.2, 0.25) is 0 Å². The maximum Gasteiger partial charge on any atom is 0.267 e. The van der Waals surface area contributed by atoms with Crippen molar-refractivity contribution >= 4 is 38.8 Å². The summed E-state index contributed by atoms with van der Waals surface area (Å²) in [5, 5.41) is 3.68. The number of carbonyl (C=O) groups excluding carboxylic acids is 1.